The van der Waals surface area contributed by atoms with Crippen LogP contribution >= 0.6 is 0 Å². The highest BCUT2D eigenvalue weighted by atomic mass is 16.1. The van der Waals surface area contributed by atoms with Crippen LogP contribution in [0.15, 0.2) is 30.3 Å². The summed E-state index contributed by atoms with van der Waals surface area (Å²) in [6.07, 6.45) is 5.83. The highest BCUT2D eigenvalue weighted by Gasteiger charge is 2.28. The molecule has 1 aliphatic rings. The molecule has 2 atom stereocenters. The average molecular weight is 288 g/mol. The number of hydrogen-bond donors (Lipinski definition) is 2. The molecule has 2 rings (SSSR count). The minimum absolute atomic E-state index is 0.149. The van der Waals surface area contributed by atoms with E-state index in [2.05, 4.69) is 43.4 Å². The first-order valence-electron chi connectivity index (χ1n) is 8.07. The van der Waals surface area contributed by atoms with Crippen molar-refractivity contribution in [1.82, 2.24) is 5.32 Å². The number of hydrogen-bond acceptors (Lipinski definition) is 2. The Morgan fingerprint density at radius 2 is 2.00 bits per heavy atom. The largest absolute Gasteiger partial charge is 0.351 e. The maximum atomic E-state index is 12.2. The van der Waals surface area contributed by atoms with Gasteiger partial charge in [0.05, 0.1) is 0 Å². The van der Waals surface area contributed by atoms with Gasteiger partial charge in [0.15, 0.2) is 0 Å². The first kappa shape index (κ1) is 16.0. The van der Waals surface area contributed by atoms with E-state index in [1.807, 2.05) is 6.07 Å². The van der Waals surface area contributed by atoms with E-state index in [9.17, 15) is 4.79 Å². The van der Waals surface area contributed by atoms with Gasteiger partial charge in [-0.15, -0.1) is 0 Å². The lowest BCUT2D eigenvalue weighted by atomic mass is 9.93. The minimum Gasteiger partial charge on any atom is -0.351 e. The first-order valence-corrected chi connectivity index (χ1v) is 8.07. The second-order valence-electron chi connectivity index (χ2n) is 6.98. The van der Waals surface area contributed by atoms with Gasteiger partial charge in [0.25, 0.3) is 0 Å². The summed E-state index contributed by atoms with van der Waals surface area (Å²) >= 11 is 0. The molecule has 3 N–H and O–H groups in total. The van der Waals surface area contributed by atoms with Gasteiger partial charge in [-0.05, 0) is 51.0 Å². The number of carbonyl (C=O) groups is 1. The van der Waals surface area contributed by atoms with Crippen molar-refractivity contribution in [2.45, 2.75) is 64.0 Å². The zero-order valence-electron chi connectivity index (χ0n) is 13.3. The van der Waals surface area contributed by atoms with Gasteiger partial charge < -0.3 is 11.1 Å². The summed E-state index contributed by atoms with van der Waals surface area (Å²) in [4.78, 5) is 12.2. The van der Waals surface area contributed by atoms with Gasteiger partial charge in [-0.1, -0.05) is 36.8 Å². The fourth-order valence-electron chi connectivity index (χ4n) is 3.15. The third kappa shape index (κ3) is 5.16. The molecule has 1 aliphatic carbocycles. The number of nitrogens with two attached hydrogens (primary N) is 1. The van der Waals surface area contributed by atoms with Gasteiger partial charge >= 0.3 is 0 Å². The van der Waals surface area contributed by atoms with Gasteiger partial charge in [-0.25, -0.2) is 0 Å². The highest BCUT2D eigenvalue weighted by molar-refractivity contribution is 5.77. The fraction of sp³-hybridized carbons (Fsp3) is 0.611. The Balaban J connectivity index is 1.78. The number of aryl methyl sites for hydroxylation is 1. The van der Waals surface area contributed by atoms with Crippen molar-refractivity contribution in [2.24, 2.45) is 11.7 Å². The van der Waals surface area contributed by atoms with Gasteiger partial charge in [0.2, 0.25) is 5.91 Å². The van der Waals surface area contributed by atoms with Crippen LogP contribution in [0.3, 0.4) is 0 Å². The van der Waals surface area contributed by atoms with Gasteiger partial charge in [0.1, 0.15) is 0 Å². The number of nitrogens with one attached hydrogen (secondary N) is 1. The molecular formula is C18H28N2O. The summed E-state index contributed by atoms with van der Waals surface area (Å²) in [5.41, 5.74) is 7.19. The molecule has 1 amide bonds. The third-order valence-corrected chi connectivity index (χ3v) is 4.52. The lowest BCUT2D eigenvalue weighted by Crippen LogP contribution is -2.45. The Bertz CT molecular complexity index is 456. The van der Waals surface area contributed by atoms with Gasteiger partial charge in [-0.3, -0.25) is 4.79 Å². The zero-order chi connectivity index (χ0) is 15.3. The number of rotatable bonds is 6. The van der Waals surface area contributed by atoms with Crippen molar-refractivity contribution in [2.75, 3.05) is 0 Å². The molecule has 1 saturated carbocycles. The summed E-state index contributed by atoms with van der Waals surface area (Å²) in [5, 5.41) is 3.18. The summed E-state index contributed by atoms with van der Waals surface area (Å²) in [6.45, 7) is 4.20. The standard InChI is InChI=1S/C18H28N2O/c1-18(2,12-11-14-7-4-3-5-8-14)20-17(21)13-15-9-6-10-16(15)19/h3-5,7-8,15-16H,6,9-13,19H2,1-2H3,(H,20,21)/t15-,16+/m0/s1. The molecule has 0 heterocycles. The predicted octanol–water partition coefficient (Wildman–Crippen LogP) is 3.03. The van der Waals surface area contributed by atoms with Crippen LogP contribution in [-0.2, 0) is 11.2 Å². The second-order valence-corrected chi connectivity index (χ2v) is 6.98. The first-order chi connectivity index (χ1) is 9.96. The van der Waals surface area contributed by atoms with Crippen LogP contribution in [0.2, 0.25) is 0 Å². The normalized spacial score (nSPS) is 22.2. The van der Waals surface area contributed by atoms with Crippen LogP contribution < -0.4 is 11.1 Å². The molecule has 1 fully saturated rings. The fourth-order valence-corrected chi connectivity index (χ4v) is 3.15. The Morgan fingerprint density at radius 3 is 2.62 bits per heavy atom. The van der Waals surface area contributed by atoms with E-state index in [-0.39, 0.29) is 17.5 Å². The Morgan fingerprint density at radius 1 is 1.29 bits per heavy atom. The van der Waals surface area contributed by atoms with E-state index in [1.165, 1.54) is 5.56 Å². The predicted molar refractivity (Wildman–Crippen MR) is 86.9 cm³/mol. The maximum Gasteiger partial charge on any atom is 0.220 e. The summed E-state index contributed by atoms with van der Waals surface area (Å²) in [6, 6.07) is 10.6. The molecule has 0 aromatic heterocycles. The number of benzene rings is 1. The van der Waals surface area contributed by atoms with Crippen LogP contribution in [0, 0.1) is 5.92 Å². The average Bonchev–Trinajstić information content (AvgIpc) is 2.83. The molecule has 3 heteroatoms. The minimum atomic E-state index is -0.171. The lowest BCUT2D eigenvalue weighted by Gasteiger charge is -2.27. The smallest absolute Gasteiger partial charge is 0.220 e. The van der Waals surface area contributed by atoms with E-state index in [0.717, 1.165) is 32.1 Å². The molecule has 0 spiro atoms. The molecule has 21 heavy (non-hydrogen) atoms. The third-order valence-electron chi connectivity index (χ3n) is 4.52. The number of amides is 1. The molecule has 0 radical (unpaired) electrons. The van der Waals surface area contributed by atoms with Crippen LogP contribution in [0.1, 0.15) is 51.5 Å². The topological polar surface area (TPSA) is 55.1 Å². The molecule has 1 aromatic rings. The van der Waals surface area contributed by atoms with Crippen molar-refractivity contribution >= 4 is 5.91 Å². The zero-order valence-corrected chi connectivity index (χ0v) is 13.3. The maximum absolute atomic E-state index is 12.2. The quantitative estimate of drug-likeness (QED) is 0.845. The van der Waals surface area contributed by atoms with Crippen molar-refractivity contribution in [1.29, 1.82) is 0 Å². The summed E-state index contributed by atoms with van der Waals surface area (Å²) in [5.74, 6) is 0.519. The van der Waals surface area contributed by atoms with Gasteiger partial charge in [-0.2, -0.15) is 0 Å². The van der Waals surface area contributed by atoms with Crippen LogP contribution in [0.4, 0.5) is 0 Å². The van der Waals surface area contributed by atoms with Crippen molar-refractivity contribution in [3.8, 4) is 0 Å². The van der Waals surface area contributed by atoms with E-state index < -0.39 is 0 Å². The molecule has 0 unspecified atom stereocenters. The van der Waals surface area contributed by atoms with Crippen molar-refractivity contribution in [3.63, 3.8) is 0 Å². The highest BCUT2D eigenvalue weighted by Crippen LogP contribution is 2.27. The lowest BCUT2D eigenvalue weighted by molar-refractivity contribution is -0.123. The molecular weight excluding hydrogens is 260 g/mol. The second kappa shape index (κ2) is 7.08. The molecule has 116 valence electrons. The van der Waals surface area contributed by atoms with Crippen molar-refractivity contribution in [3.05, 3.63) is 35.9 Å². The van der Waals surface area contributed by atoms with E-state index in [4.69, 9.17) is 5.73 Å². The monoisotopic (exact) mass is 288 g/mol. The molecule has 3 nitrogen and oxygen atoms in total. The van der Waals surface area contributed by atoms with Crippen molar-refractivity contribution < 1.29 is 4.79 Å². The van der Waals surface area contributed by atoms with Crippen LogP contribution in [-0.4, -0.2) is 17.5 Å². The Hall–Kier alpha value is -1.35. The molecule has 1 aromatic carbocycles. The Kier molecular flexibility index (Phi) is 5.40. The van der Waals surface area contributed by atoms with E-state index >= 15 is 0 Å². The van der Waals surface area contributed by atoms with Crippen LogP contribution in [0.5, 0.6) is 0 Å². The van der Waals surface area contributed by atoms with Gasteiger partial charge in [0, 0.05) is 18.0 Å². The molecule has 0 bridgehead atoms. The Labute approximate surface area is 128 Å². The molecule has 0 aliphatic heterocycles. The number of carbonyl (C=O) groups excluding carboxylic acids is 1. The van der Waals surface area contributed by atoms with E-state index in [0.29, 0.717) is 12.3 Å². The molecule has 0 saturated heterocycles. The van der Waals surface area contributed by atoms with Crippen LogP contribution in [0.25, 0.3) is 0 Å². The van der Waals surface area contributed by atoms with E-state index in [1.54, 1.807) is 0 Å². The summed E-state index contributed by atoms with van der Waals surface area (Å²) < 4.78 is 0. The summed E-state index contributed by atoms with van der Waals surface area (Å²) in [7, 11) is 0. The SMILES string of the molecule is CC(C)(CCc1ccccc1)NC(=O)C[C@@H]1CCC[C@H]1N.